The first kappa shape index (κ1) is 23.6. The molecule has 0 amide bonds. The maximum absolute atomic E-state index is 11.0. The normalized spacial score (nSPS) is 14.6. The molecule has 2 atom stereocenters. The van der Waals surface area contributed by atoms with E-state index in [1.54, 1.807) is 0 Å². The zero-order valence-corrected chi connectivity index (χ0v) is 15.9. The van der Waals surface area contributed by atoms with Crippen LogP contribution in [0, 0.1) is 0 Å². The van der Waals surface area contributed by atoms with Gasteiger partial charge in [0.25, 0.3) is 0 Å². The fourth-order valence-corrected chi connectivity index (χ4v) is 2.31. The predicted molar refractivity (Wildman–Crippen MR) is 103 cm³/mol. The average molecular weight is 353 g/mol. The second kappa shape index (κ2) is 17.4. The summed E-state index contributed by atoms with van der Waals surface area (Å²) < 4.78 is 4.54. The molecule has 0 aromatic carbocycles. The van der Waals surface area contributed by atoms with E-state index < -0.39 is 12.2 Å². The lowest BCUT2D eigenvalue weighted by Gasteiger charge is -2.15. The van der Waals surface area contributed by atoms with Crippen molar-refractivity contribution in [3.8, 4) is 0 Å². The molecule has 0 saturated heterocycles. The van der Waals surface area contributed by atoms with Crippen LogP contribution in [0.2, 0.25) is 0 Å². The second-order valence-electron chi connectivity index (χ2n) is 6.22. The van der Waals surface area contributed by atoms with Crippen LogP contribution in [0.4, 0.5) is 0 Å². The van der Waals surface area contributed by atoms with Gasteiger partial charge in [0.1, 0.15) is 0 Å². The molecule has 0 aromatic rings. The van der Waals surface area contributed by atoms with Gasteiger partial charge in [-0.15, -0.1) is 0 Å². The van der Waals surface area contributed by atoms with Crippen LogP contribution in [0.1, 0.15) is 71.1 Å². The number of hydrogen-bond acceptors (Lipinski definition) is 4. The Hall–Kier alpha value is -1.39. The van der Waals surface area contributed by atoms with E-state index in [1.807, 2.05) is 12.2 Å². The lowest BCUT2D eigenvalue weighted by molar-refractivity contribution is -0.140. The third-order valence-electron chi connectivity index (χ3n) is 3.95. The van der Waals surface area contributed by atoms with E-state index in [9.17, 15) is 15.0 Å². The molecule has 0 radical (unpaired) electrons. The largest absolute Gasteiger partial charge is 0.469 e. The Morgan fingerprint density at radius 3 is 2.20 bits per heavy atom. The number of carbonyl (C=O) groups is 1. The van der Waals surface area contributed by atoms with Crippen molar-refractivity contribution >= 4 is 5.97 Å². The van der Waals surface area contributed by atoms with Crippen LogP contribution in [0.25, 0.3) is 0 Å². The summed E-state index contributed by atoms with van der Waals surface area (Å²) in [5.41, 5.74) is 0. The maximum Gasteiger partial charge on any atom is 0.305 e. The van der Waals surface area contributed by atoms with Crippen molar-refractivity contribution in [3.63, 3.8) is 0 Å². The van der Waals surface area contributed by atoms with Gasteiger partial charge in [-0.05, 0) is 44.9 Å². The Balaban J connectivity index is 3.68. The first-order valence-electron chi connectivity index (χ1n) is 9.49. The topological polar surface area (TPSA) is 66.8 Å². The Kier molecular flexibility index (Phi) is 16.5. The van der Waals surface area contributed by atoms with Gasteiger partial charge in [0.15, 0.2) is 0 Å². The summed E-state index contributed by atoms with van der Waals surface area (Å²) in [5, 5.41) is 19.7. The second-order valence-corrected chi connectivity index (χ2v) is 6.22. The van der Waals surface area contributed by atoms with Crippen LogP contribution >= 0.6 is 0 Å². The monoisotopic (exact) mass is 352 g/mol. The van der Waals surface area contributed by atoms with Crippen LogP contribution in [0.15, 0.2) is 36.5 Å². The molecule has 0 spiro atoms. The molecule has 2 unspecified atom stereocenters. The Morgan fingerprint density at radius 1 is 0.920 bits per heavy atom. The summed E-state index contributed by atoms with van der Waals surface area (Å²) in [6.07, 6.45) is 19.4. The number of aliphatic hydroxyl groups excluding tert-OH is 2. The smallest absolute Gasteiger partial charge is 0.305 e. The van der Waals surface area contributed by atoms with Gasteiger partial charge in [-0.2, -0.15) is 0 Å². The highest BCUT2D eigenvalue weighted by Gasteiger charge is 2.15. The van der Waals surface area contributed by atoms with Crippen molar-refractivity contribution < 1.29 is 19.7 Å². The van der Waals surface area contributed by atoms with Gasteiger partial charge >= 0.3 is 5.97 Å². The minimum Gasteiger partial charge on any atom is -0.469 e. The molecule has 0 rings (SSSR count). The van der Waals surface area contributed by atoms with Gasteiger partial charge in [-0.3, -0.25) is 4.79 Å². The van der Waals surface area contributed by atoms with Crippen molar-refractivity contribution in [2.45, 2.75) is 83.3 Å². The minimum atomic E-state index is -0.803. The van der Waals surface area contributed by atoms with Gasteiger partial charge in [-0.1, -0.05) is 56.2 Å². The van der Waals surface area contributed by atoms with Gasteiger partial charge in [0.2, 0.25) is 0 Å². The van der Waals surface area contributed by atoms with E-state index >= 15 is 0 Å². The Labute approximate surface area is 153 Å². The lowest BCUT2D eigenvalue weighted by atomic mass is 10.0. The summed E-state index contributed by atoms with van der Waals surface area (Å²) in [5.74, 6) is -0.288. The number of carbonyl (C=O) groups excluding carboxylic acids is 1. The highest BCUT2D eigenvalue weighted by Crippen LogP contribution is 2.09. The number of aliphatic hydroxyl groups is 2. The van der Waals surface area contributed by atoms with Gasteiger partial charge in [-0.25, -0.2) is 0 Å². The van der Waals surface area contributed by atoms with E-state index in [-0.39, 0.29) is 12.4 Å². The molecule has 4 nitrogen and oxygen atoms in total. The lowest BCUT2D eigenvalue weighted by Crippen LogP contribution is -2.25. The van der Waals surface area contributed by atoms with Crippen LogP contribution in [0.3, 0.4) is 0 Å². The first-order valence-corrected chi connectivity index (χ1v) is 9.49. The molecule has 0 aromatic heterocycles. The molecular weight excluding hydrogens is 316 g/mol. The summed E-state index contributed by atoms with van der Waals surface area (Å²) in [6, 6.07) is 0. The number of hydrogen-bond donors (Lipinski definition) is 2. The summed E-state index contributed by atoms with van der Waals surface area (Å²) in [6.45, 7) is 2.21. The molecular formula is C21H36O4. The van der Waals surface area contributed by atoms with Crippen molar-refractivity contribution in [2.24, 2.45) is 0 Å². The fraction of sp³-hybridized carbons (Fsp3) is 0.667. The highest BCUT2D eigenvalue weighted by molar-refractivity contribution is 5.68. The third kappa shape index (κ3) is 15.9. The quantitative estimate of drug-likeness (QED) is 0.259. The van der Waals surface area contributed by atoms with Crippen molar-refractivity contribution in [1.82, 2.24) is 0 Å². The average Bonchev–Trinajstić information content (AvgIpc) is 2.62. The maximum atomic E-state index is 11.0. The Bertz CT molecular complexity index is 399. The number of esters is 1. The van der Waals surface area contributed by atoms with Crippen molar-refractivity contribution in [2.75, 3.05) is 7.11 Å². The zero-order valence-electron chi connectivity index (χ0n) is 15.9. The van der Waals surface area contributed by atoms with Crippen LogP contribution in [0.5, 0.6) is 0 Å². The van der Waals surface area contributed by atoms with Crippen LogP contribution in [-0.4, -0.2) is 35.5 Å². The molecule has 0 bridgehead atoms. The Morgan fingerprint density at radius 2 is 1.56 bits per heavy atom. The molecule has 0 aliphatic heterocycles. The summed E-state index contributed by atoms with van der Waals surface area (Å²) in [4.78, 5) is 11.0. The van der Waals surface area contributed by atoms with E-state index in [1.165, 1.54) is 32.8 Å². The molecule has 2 N–H and O–H groups in total. The van der Waals surface area contributed by atoms with Gasteiger partial charge < -0.3 is 14.9 Å². The standard InChI is InChI=1S/C21H36O4/c1-3-4-5-6-7-8-9-10-11-12-13-14-16-19(22)20(23)17-15-18-21(24)25-2/h7-8,10-11,13-14,19-20,22-23H,3-6,9,12,15-18H2,1-2H3/b8-7-,11-10-,14-13-. The molecule has 0 saturated carbocycles. The number of allylic oxidation sites excluding steroid dienone is 5. The van der Waals surface area contributed by atoms with E-state index in [4.69, 9.17) is 0 Å². The van der Waals surface area contributed by atoms with Crippen molar-refractivity contribution in [1.29, 1.82) is 0 Å². The van der Waals surface area contributed by atoms with E-state index in [2.05, 4.69) is 36.0 Å². The van der Waals surface area contributed by atoms with Gasteiger partial charge in [0.05, 0.1) is 19.3 Å². The van der Waals surface area contributed by atoms with E-state index in [0.717, 1.165) is 12.8 Å². The molecule has 0 heterocycles. The molecule has 0 fully saturated rings. The highest BCUT2D eigenvalue weighted by atomic mass is 16.5. The zero-order chi connectivity index (χ0) is 18.8. The number of ether oxygens (including phenoxy) is 1. The predicted octanol–water partition coefficient (Wildman–Crippen LogP) is 4.47. The number of unbranched alkanes of at least 4 members (excludes halogenated alkanes) is 3. The van der Waals surface area contributed by atoms with E-state index in [0.29, 0.717) is 19.3 Å². The van der Waals surface area contributed by atoms with Crippen LogP contribution in [-0.2, 0) is 9.53 Å². The molecule has 4 heteroatoms. The summed E-state index contributed by atoms with van der Waals surface area (Å²) in [7, 11) is 1.34. The van der Waals surface area contributed by atoms with Gasteiger partial charge in [0, 0.05) is 6.42 Å². The fourth-order valence-electron chi connectivity index (χ4n) is 2.31. The molecule has 25 heavy (non-hydrogen) atoms. The molecule has 0 aliphatic carbocycles. The summed E-state index contributed by atoms with van der Waals surface area (Å²) >= 11 is 0. The third-order valence-corrected chi connectivity index (χ3v) is 3.95. The number of rotatable bonds is 15. The van der Waals surface area contributed by atoms with Crippen molar-refractivity contribution in [3.05, 3.63) is 36.5 Å². The first-order chi connectivity index (χ1) is 12.1. The molecule has 0 aliphatic rings. The SMILES string of the molecule is CCCCC/C=C\C/C=C\C/C=C\CC(O)C(O)CCCC(=O)OC. The molecule has 144 valence electrons. The van der Waals surface area contributed by atoms with Crippen LogP contribution < -0.4 is 0 Å². The number of methoxy groups -OCH3 is 1. The minimum absolute atomic E-state index is 0.272.